The van der Waals surface area contributed by atoms with Gasteiger partial charge in [0.15, 0.2) is 0 Å². The van der Waals surface area contributed by atoms with Crippen molar-refractivity contribution < 1.29 is 0 Å². The monoisotopic (exact) mass is 287 g/mol. The number of thiol groups is 1. The molecule has 0 saturated carbocycles. The summed E-state index contributed by atoms with van der Waals surface area (Å²) in [6.07, 6.45) is 5.13. The second-order valence-electron chi connectivity index (χ2n) is 5.07. The quantitative estimate of drug-likeness (QED) is 0.832. The van der Waals surface area contributed by atoms with E-state index in [1.807, 2.05) is 33.3 Å². The number of hydrogen-bond acceptors (Lipinski definition) is 4. The first-order valence-electron chi connectivity index (χ1n) is 6.65. The van der Waals surface area contributed by atoms with Gasteiger partial charge in [0.1, 0.15) is 0 Å². The lowest BCUT2D eigenvalue weighted by molar-refractivity contribution is 0.981. The molecule has 0 aliphatic heterocycles. The number of likely N-dealkylation sites (N-methyl/N-ethyl adjacent to an activating group) is 1. The lowest BCUT2D eigenvalue weighted by Crippen LogP contribution is -2.12. The first kappa shape index (κ1) is 14.7. The first-order valence-corrected chi connectivity index (χ1v) is 7.10. The highest BCUT2D eigenvalue weighted by Crippen LogP contribution is 2.28. The van der Waals surface area contributed by atoms with Crippen LogP contribution in [0.15, 0.2) is 51.5 Å². The fourth-order valence-corrected chi connectivity index (χ4v) is 2.43. The van der Waals surface area contributed by atoms with Gasteiger partial charge < -0.3 is 10.2 Å². The number of hydrogen-bond donors (Lipinski definition) is 2. The van der Waals surface area contributed by atoms with E-state index in [4.69, 9.17) is 4.99 Å². The zero-order chi connectivity index (χ0) is 14.7. The third-order valence-electron chi connectivity index (χ3n) is 3.33. The molecule has 0 heterocycles. The standard InChI is InChI=1S/C16H21N3S/c1-11-9-12(5-7-14(11)17-2)18-15-8-6-13(19(3)4)10-16(15)20/h6-10,17,20H,5H2,1-4H3. The fourth-order valence-electron chi connectivity index (χ4n) is 2.17. The lowest BCUT2D eigenvalue weighted by atomic mass is 10.0. The predicted molar refractivity (Wildman–Crippen MR) is 90.6 cm³/mol. The summed E-state index contributed by atoms with van der Waals surface area (Å²) in [5.74, 6) is 0. The van der Waals surface area contributed by atoms with Gasteiger partial charge in [-0.3, -0.25) is 4.99 Å². The number of allylic oxidation sites excluding steroid dienone is 3. The Bertz CT molecular complexity index is 598. The molecule has 106 valence electrons. The van der Waals surface area contributed by atoms with Crippen LogP contribution in [0.1, 0.15) is 13.3 Å². The highest BCUT2D eigenvalue weighted by atomic mass is 32.1. The number of aliphatic imine (C=N–C) groups is 1. The third kappa shape index (κ3) is 3.25. The van der Waals surface area contributed by atoms with E-state index < -0.39 is 0 Å². The molecule has 1 aliphatic carbocycles. The van der Waals surface area contributed by atoms with E-state index in [0.29, 0.717) is 0 Å². The molecule has 1 aromatic carbocycles. The van der Waals surface area contributed by atoms with Crippen molar-refractivity contribution in [2.45, 2.75) is 18.2 Å². The van der Waals surface area contributed by atoms with Crippen LogP contribution in [0.5, 0.6) is 0 Å². The summed E-state index contributed by atoms with van der Waals surface area (Å²) < 4.78 is 0. The van der Waals surface area contributed by atoms with E-state index >= 15 is 0 Å². The minimum atomic E-state index is 0.843. The molecular weight excluding hydrogens is 266 g/mol. The highest BCUT2D eigenvalue weighted by Gasteiger charge is 2.08. The number of nitrogens with zero attached hydrogens (tertiary/aromatic N) is 2. The molecule has 0 bridgehead atoms. The van der Waals surface area contributed by atoms with Crippen molar-refractivity contribution in [3.63, 3.8) is 0 Å². The summed E-state index contributed by atoms with van der Waals surface area (Å²) >= 11 is 4.54. The SMILES string of the molecule is CNC1=CCC(=Nc2ccc(N(C)C)cc2S)C=C1C. The maximum atomic E-state index is 4.71. The molecule has 3 nitrogen and oxygen atoms in total. The lowest BCUT2D eigenvalue weighted by Gasteiger charge is -2.15. The van der Waals surface area contributed by atoms with E-state index in [2.05, 4.69) is 48.0 Å². The number of benzene rings is 1. The van der Waals surface area contributed by atoms with Gasteiger partial charge >= 0.3 is 0 Å². The Morgan fingerprint density at radius 2 is 2.05 bits per heavy atom. The summed E-state index contributed by atoms with van der Waals surface area (Å²) in [5, 5.41) is 3.19. The van der Waals surface area contributed by atoms with E-state index in [9.17, 15) is 0 Å². The molecule has 2 rings (SSSR count). The second kappa shape index (κ2) is 6.18. The molecule has 0 radical (unpaired) electrons. The molecule has 0 aromatic heterocycles. The summed E-state index contributed by atoms with van der Waals surface area (Å²) in [4.78, 5) is 7.67. The van der Waals surface area contributed by atoms with Gasteiger partial charge in [0, 0.05) is 49.6 Å². The molecule has 0 unspecified atom stereocenters. The normalized spacial score (nSPS) is 16.8. The smallest absolute Gasteiger partial charge is 0.0767 e. The van der Waals surface area contributed by atoms with Crippen LogP contribution >= 0.6 is 12.6 Å². The van der Waals surface area contributed by atoms with E-state index in [-0.39, 0.29) is 0 Å². The van der Waals surface area contributed by atoms with Gasteiger partial charge in [0.25, 0.3) is 0 Å². The second-order valence-corrected chi connectivity index (χ2v) is 5.55. The number of rotatable bonds is 3. The minimum absolute atomic E-state index is 0.843. The maximum Gasteiger partial charge on any atom is 0.0767 e. The van der Waals surface area contributed by atoms with Gasteiger partial charge in [-0.2, -0.15) is 0 Å². The average Bonchev–Trinajstić information content (AvgIpc) is 2.41. The van der Waals surface area contributed by atoms with Gasteiger partial charge in [0.2, 0.25) is 0 Å². The van der Waals surface area contributed by atoms with E-state index in [1.54, 1.807) is 0 Å². The molecule has 1 N–H and O–H groups in total. The molecule has 0 saturated heterocycles. The summed E-state index contributed by atoms with van der Waals surface area (Å²) in [7, 11) is 5.98. The highest BCUT2D eigenvalue weighted by molar-refractivity contribution is 7.80. The van der Waals surface area contributed by atoms with Crippen molar-refractivity contribution in [3.05, 3.63) is 41.6 Å². The van der Waals surface area contributed by atoms with Gasteiger partial charge in [-0.1, -0.05) is 6.08 Å². The van der Waals surface area contributed by atoms with Crippen LogP contribution in [0.3, 0.4) is 0 Å². The van der Waals surface area contributed by atoms with Gasteiger partial charge in [-0.05, 0) is 36.8 Å². The Hall–Kier alpha value is -1.68. The predicted octanol–water partition coefficient (Wildman–Crippen LogP) is 3.57. The average molecular weight is 287 g/mol. The van der Waals surface area contributed by atoms with Crippen molar-refractivity contribution in [2.24, 2.45) is 4.99 Å². The van der Waals surface area contributed by atoms with Crippen molar-refractivity contribution in [1.29, 1.82) is 0 Å². The number of anilines is 1. The van der Waals surface area contributed by atoms with Crippen LogP contribution in [0.25, 0.3) is 0 Å². The molecule has 0 atom stereocenters. The van der Waals surface area contributed by atoms with Crippen LogP contribution < -0.4 is 10.2 Å². The Morgan fingerprint density at radius 3 is 2.60 bits per heavy atom. The van der Waals surface area contributed by atoms with Gasteiger partial charge in [0.05, 0.1) is 5.69 Å². The molecule has 0 fully saturated rings. The zero-order valence-corrected chi connectivity index (χ0v) is 13.3. The molecular formula is C16H21N3S. The zero-order valence-electron chi connectivity index (χ0n) is 12.4. The van der Waals surface area contributed by atoms with Crippen molar-refractivity contribution in [3.8, 4) is 0 Å². The van der Waals surface area contributed by atoms with Gasteiger partial charge in [-0.25, -0.2) is 0 Å². The largest absolute Gasteiger partial charge is 0.388 e. The van der Waals surface area contributed by atoms with E-state index in [1.165, 1.54) is 11.3 Å². The summed E-state index contributed by atoms with van der Waals surface area (Å²) in [6.45, 7) is 2.09. The maximum absolute atomic E-state index is 4.71. The van der Waals surface area contributed by atoms with Crippen LogP contribution in [0.4, 0.5) is 11.4 Å². The topological polar surface area (TPSA) is 27.6 Å². The Morgan fingerprint density at radius 1 is 1.30 bits per heavy atom. The molecule has 1 aromatic rings. The molecule has 1 aliphatic rings. The molecule has 0 amide bonds. The summed E-state index contributed by atoms with van der Waals surface area (Å²) in [5.41, 5.74) is 5.50. The van der Waals surface area contributed by atoms with Crippen molar-refractivity contribution in [2.75, 3.05) is 26.0 Å². The van der Waals surface area contributed by atoms with Crippen LogP contribution in [0.2, 0.25) is 0 Å². The molecule has 20 heavy (non-hydrogen) atoms. The van der Waals surface area contributed by atoms with E-state index in [0.717, 1.165) is 28.4 Å². The fraction of sp³-hybridized carbons (Fsp3) is 0.312. The number of nitrogens with one attached hydrogen (secondary N) is 1. The van der Waals surface area contributed by atoms with Crippen LogP contribution in [-0.4, -0.2) is 26.9 Å². The Kier molecular flexibility index (Phi) is 4.55. The minimum Gasteiger partial charge on any atom is -0.388 e. The summed E-state index contributed by atoms with van der Waals surface area (Å²) in [6, 6.07) is 6.12. The van der Waals surface area contributed by atoms with Crippen LogP contribution in [-0.2, 0) is 0 Å². The van der Waals surface area contributed by atoms with Crippen molar-refractivity contribution in [1.82, 2.24) is 5.32 Å². The first-order chi connectivity index (χ1) is 9.51. The van der Waals surface area contributed by atoms with Gasteiger partial charge in [-0.15, -0.1) is 12.6 Å². The Balaban J connectivity index is 2.27. The Labute approximate surface area is 126 Å². The molecule has 4 heteroatoms. The molecule has 0 spiro atoms. The van der Waals surface area contributed by atoms with Crippen LogP contribution in [0, 0.1) is 0 Å². The third-order valence-corrected chi connectivity index (χ3v) is 3.69. The van der Waals surface area contributed by atoms with Crippen molar-refractivity contribution >= 4 is 29.7 Å².